The second kappa shape index (κ2) is 18.0. The van der Waals surface area contributed by atoms with E-state index < -0.39 is 30.0 Å². The van der Waals surface area contributed by atoms with E-state index in [1.54, 1.807) is 0 Å². The van der Waals surface area contributed by atoms with Crippen LogP contribution in [0.4, 0.5) is 5.69 Å². The molecule has 0 aromatic heterocycles. The molecule has 6 aromatic carbocycles. The zero-order chi connectivity index (χ0) is 33.8. The van der Waals surface area contributed by atoms with Crippen molar-refractivity contribution in [1.82, 2.24) is 0 Å². The molecular formula is C43H46BrGeNPSi+. The van der Waals surface area contributed by atoms with Crippen molar-refractivity contribution in [2.75, 3.05) is 9.31 Å². The number of nitrogens with zero attached hydrogens (tertiary/aromatic N) is 1. The number of hydrogen-bond donors (Lipinski definition) is 0. The van der Waals surface area contributed by atoms with Crippen LogP contribution in [0.15, 0.2) is 176 Å². The predicted molar refractivity (Wildman–Crippen MR) is 221 cm³/mol. The predicted octanol–water partition coefficient (Wildman–Crippen LogP) is 9.52. The monoisotopic (exact) mass is 788 g/mol. The Morgan fingerprint density at radius 2 is 0.833 bits per heavy atom. The molecule has 0 aliphatic rings. The van der Waals surface area contributed by atoms with E-state index in [9.17, 15) is 0 Å². The zero-order valence-corrected chi connectivity index (χ0v) is 34.1. The van der Waals surface area contributed by atoms with Crippen LogP contribution in [0.5, 0.6) is 0 Å². The second-order valence-electron chi connectivity index (χ2n) is 12.6. The molecule has 0 atom stereocenters. The number of para-hydroxylation sites is 1. The summed E-state index contributed by atoms with van der Waals surface area (Å²) >= 11 is 3.56. The van der Waals surface area contributed by atoms with Crippen LogP contribution in [0.25, 0.3) is 0 Å². The first-order chi connectivity index (χ1) is 23.5. The minimum absolute atomic E-state index is 0.429. The van der Waals surface area contributed by atoms with Crippen molar-refractivity contribution in [2.45, 2.75) is 39.5 Å². The van der Waals surface area contributed by atoms with E-state index in [0.29, 0.717) is 11.8 Å². The number of hydrogen-bond acceptors (Lipinski definition) is 1. The second-order valence-corrected chi connectivity index (χ2v) is 23.6. The van der Waals surface area contributed by atoms with E-state index in [1.807, 2.05) is 36.4 Å². The number of benzene rings is 6. The molecular weight excluding hydrogens is 742 g/mol. The van der Waals surface area contributed by atoms with E-state index in [0.717, 1.165) is 5.79 Å². The fraction of sp³-hybridized carbons (Fsp3) is 0.163. The summed E-state index contributed by atoms with van der Waals surface area (Å²) < 4.78 is 2.96. The number of halogens is 1. The van der Waals surface area contributed by atoms with Crippen LogP contribution in [-0.2, 0) is 0 Å². The van der Waals surface area contributed by atoms with Crippen molar-refractivity contribution in [3.05, 3.63) is 187 Å². The molecule has 0 amide bonds. The van der Waals surface area contributed by atoms with Gasteiger partial charge in [-0.15, -0.1) is 0 Å². The van der Waals surface area contributed by atoms with Crippen molar-refractivity contribution < 1.29 is 0 Å². The smallest absolute Gasteiger partial charge is 0.0623 e. The molecule has 0 saturated carbocycles. The summed E-state index contributed by atoms with van der Waals surface area (Å²) in [6, 6.07) is 64.7. The topological polar surface area (TPSA) is 3.24 Å². The number of anilines is 1. The van der Waals surface area contributed by atoms with Crippen molar-refractivity contribution in [2.24, 2.45) is 0 Å². The third-order valence-electron chi connectivity index (χ3n) is 8.88. The normalized spacial score (nSPS) is 11.3. The molecule has 0 fully saturated rings. The van der Waals surface area contributed by atoms with Crippen LogP contribution >= 0.6 is 21.9 Å². The summed E-state index contributed by atoms with van der Waals surface area (Å²) in [6.07, 6.45) is 0. The maximum absolute atomic E-state index is 4.25. The maximum atomic E-state index is 4.25. The van der Waals surface area contributed by atoms with Gasteiger partial charge in [-0.05, 0) is 0 Å². The van der Waals surface area contributed by atoms with Gasteiger partial charge in [0.2, 0.25) is 0 Å². The average molecular weight is 788 g/mol. The summed E-state index contributed by atoms with van der Waals surface area (Å²) in [5.41, 5.74) is 4.39. The van der Waals surface area contributed by atoms with Crippen LogP contribution in [0, 0.1) is 0 Å². The number of rotatable bonds is 11. The first-order valence-electron chi connectivity index (χ1n) is 16.8. The Labute approximate surface area is 304 Å². The molecule has 0 aliphatic carbocycles. The summed E-state index contributed by atoms with van der Waals surface area (Å²) in [6.45, 7) is 9.42. The van der Waals surface area contributed by atoms with Gasteiger partial charge in [0.25, 0.3) is 0 Å². The summed E-state index contributed by atoms with van der Waals surface area (Å²) in [5.74, 6) is 2.00. The van der Waals surface area contributed by atoms with E-state index >= 15 is 0 Å². The molecule has 6 aromatic rings. The van der Waals surface area contributed by atoms with Crippen LogP contribution < -0.4 is 24.5 Å². The minimum atomic E-state index is -2.61. The Balaban J connectivity index is 0.000000677. The first kappa shape index (κ1) is 36.1. The SMILES string of the molecule is CC(C)c1cccc(C(C)C)c1[N]([Ge][Br])[Si](C[PH+](c1ccccc1)c1ccccc1)(c1ccccc1)c1ccccc1.c1ccccc1. The third kappa shape index (κ3) is 8.50. The fourth-order valence-electron chi connectivity index (χ4n) is 6.50. The van der Waals surface area contributed by atoms with Gasteiger partial charge in [-0.25, -0.2) is 0 Å². The molecule has 1 nitrogen and oxygen atoms in total. The van der Waals surface area contributed by atoms with Crippen LogP contribution in [0.1, 0.15) is 50.7 Å². The van der Waals surface area contributed by atoms with E-state index in [4.69, 9.17) is 0 Å². The molecule has 0 heterocycles. The van der Waals surface area contributed by atoms with Crippen LogP contribution in [-0.4, -0.2) is 27.8 Å². The van der Waals surface area contributed by atoms with Crippen molar-refractivity contribution >= 4 is 70.6 Å². The molecule has 2 radical (unpaired) electrons. The fourth-order valence-corrected chi connectivity index (χ4v) is 27.5. The quantitative estimate of drug-likeness (QED) is 0.0935. The first-order valence-corrected chi connectivity index (χ1v) is 26.6. The van der Waals surface area contributed by atoms with Gasteiger partial charge in [0.05, 0.1) is 0 Å². The van der Waals surface area contributed by atoms with Gasteiger partial charge in [0.1, 0.15) is 0 Å². The molecule has 0 spiro atoms. The van der Waals surface area contributed by atoms with Gasteiger partial charge in [-0.3, -0.25) is 0 Å². The van der Waals surface area contributed by atoms with Crippen molar-refractivity contribution in [3.63, 3.8) is 0 Å². The standard InChI is InChI=1S/C37H39BrGeNPSi.C6H6/c1-29(2)35-26-17-27-36(30(3)4)37(35)40(39-38)42(33-22-13-7-14-23-33,34-24-15-8-16-25-34)28-41(31-18-9-5-10-19-31)32-20-11-6-12-21-32;1-2-4-6-5-3-1/h5-27,29-30H,28H2,1-4H3;1-6H/p+1. The van der Waals surface area contributed by atoms with Gasteiger partial charge in [0, 0.05) is 0 Å². The van der Waals surface area contributed by atoms with Gasteiger partial charge < -0.3 is 0 Å². The minimum Gasteiger partial charge on any atom is -0.0623 e. The Morgan fingerprint density at radius 1 is 0.500 bits per heavy atom. The molecule has 0 N–H and O–H groups in total. The van der Waals surface area contributed by atoms with Crippen LogP contribution in [0.3, 0.4) is 0 Å². The van der Waals surface area contributed by atoms with Gasteiger partial charge in [0.15, 0.2) is 0 Å². The molecule has 0 unspecified atom stereocenters. The third-order valence-corrected chi connectivity index (χ3v) is 25.3. The van der Waals surface area contributed by atoms with Crippen LogP contribution in [0.2, 0.25) is 0 Å². The molecule has 0 bridgehead atoms. The molecule has 0 aliphatic heterocycles. The summed E-state index contributed by atoms with van der Waals surface area (Å²) in [7, 11) is -3.77. The largest absolute Gasteiger partial charge is 0.0623 e. The molecule has 242 valence electrons. The van der Waals surface area contributed by atoms with E-state index in [1.165, 1.54) is 37.8 Å². The van der Waals surface area contributed by atoms with Gasteiger partial charge in [-0.1, -0.05) is 36.4 Å². The maximum Gasteiger partial charge on any atom is -0.0623 e. The molecule has 6 rings (SSSR count). The van der Waals surface area contributed by atoms with Gasteiger partial charge in [-0.2, -0.15) is 0 Å². The summed E-state index contributed by atoms with van der Waals surface area (Å²) in [4.78, 5) is 0. The van der Waals surface area contributed by atoms with Gasteiger partial charge >= 0.3 is 270 Å². The Bertz CT molecular complexity index is 1660. The molecule has 48 heavy (non-hydrogen) atoms. The van der Waals surface area contributed by atoms with Crippen molar-refractivity contribution in [1.29, 1.82) is 0 Å². The molecule has 5 heteroatoms. The van der Waals surface area contributed by atoms with E-state index in [2.05, 4.69) is 185 Å². The molecule has 0 saturated heterocycles. The Hall–Kier alpha value is -3.21. The van der Waals surface area contributed by atoms with Crippen molar-refractivity contribution in [3.8, 4) is 0 Å². The zero-order valence-electron chi connectivity index (χ0n) is 28.4. The van der Waals surface area contributed by atoms with E-state index in [-0.39, 0.29) is 0 Å². The average Bonchev–Trinajstić information content (AvgIpc) is 3.15. The Morgan fingerprint density at radius 3 is 1.17 bits per heavy atom. The Kier molecular flexibility index (Phi) is 13.5. The summed E-state index contributed by atoms with van der Waals surface area (Å²) in [5, 5.41) is 5.94.